The standard InChI is InChI=1S/C16H20N2O2S/c1-4-13-7-8-14(10-15(13)17)21(19,20)18-16-9-11(2)5-6-12(16)3/h5-10,18H,4,17H2,1-3H3. The molecule has 0 fully saturated rings. The molecule has 0 amide bonds. The SMILES string of the molecule is CCc1ccc(S(=O)(=O)Nc2cc(C)ccc2C)cc1N. The number of benzene rings is 2. The van der Waals surface area contributed by atoms with E-state index in [1.54, 1.807) is 12.1 Å². The second-order valence-electron chi connectivity index (χ2n) is 5.14. The van der Waals surface area contributed by atoms with E-state index in [2.05, 4.69) is 4.72 Å². The Labute approximate surface area is 126 Å². The van der Waals surface area contributed by atoms with Crippen molar-refractivity contribution in [2.45, 2.75) is 32.1 Å². The molecule has 0 radical (unpaired) electrons. The fourth-order valence-electron chi connectivity index (χ4n) is 2.11. The van der Waals surface area contributed by atoms with Crippen LogP contribution in [0.25, 0.3) is 0 Å². The Balaban J connectivity index is 2.38. The van der Waals surface area contributed by atoms with Gasteiger partial charge in [-0.15, -0.1) is 0 Å². The van der Waals surface area contributed by atoms with Gasteiger partial charge in [-0.25, -0.2) is 8.42 Å². The molecular formula is C16H20N2O2S. The van der Waals surface area contributed by atoms with Gasteiger partial charge in [0.1, 0.15) is 0 Å². The number of anilines is 2. The summed E-state index contributed by atoms with van der Waals surface area (Å²) < 4.78 is 27.5. The van der Waals surface area contributed by atoms with Crippen LogP contribution >= 0.6 is 0 Å². The Morgan fingerprint density at radius 2 is 1.81 bits per heavy atom. The lowest BCUT2D eigenvalue weighted by Crippen LogP contribution is -2.14. The van der Waals surface area contributed by atoms with E-state index in [0.717, 1.165) is 23.1 Å². The van der Waals surface area contributed by atoms with Gasteiger partial charge in [0, 0.05) is 5.69 Å². The van der Waals surface area contributed by atoms with E-state index >= 15 is 0 Å². The molecule has 2 aromatic rings. The van der Waals surface area contributed by atoms with E-state index in [1.165, 1.54) is 6.07 Å². The van der Waals surface area contributed by atoms with Crippen molar-refractivity contribution in [3.8, 4) is 0 Å². The first kappa shape index (κ1) is 15.4. The molecule has 0 aliphatic rings. The van der Waals surface area contributed by atoms with Crippen molar-refractivity contribution >= 4 is 21.4 Å². The molecule has 0 aliphatic heterocycles. The highest BCUT2D eigenvalue weighted by Crippen LogP contribution is 2.23. The van der Waals surface area contributed by atoms with Gasteiger partial charge < -0.3 is 5.73 Å². The lowest BCUT2D eigenvalue weighted by atomic mass is 10.1. The average molecular weight is 304 g/mol. The number of nitrogens with two attached hydrogens (primary N) is 1. The number of sulfonamides is 1. The van der Waals surface area contributed by atoms with Crippen molar-refractivity contribution in [1.82, 2.24) is 0 Å². The maximum atomic E-state index is 12.5. The Hall–Kier alpha value is -2.01. The van der Waals surface area contributed by atoms with Crippen LogP contribution in [0, 0.1) is 13.8 Å². The summed E-state index contributed by atoms with van der Waals surface area (Å²) in [5, 5.41) is 0. The molecule has 0 atom stereocenters. The maximum Gasteiger partial charge on any atom is 0.261 e. The molecule has 3 N–H and O–H groups in total. The summed E-state index contributed by atoms with van der Waals surface area (Å²) in [4.78, 5) is 0.179. The largest absolute Gasteiger partial charge is 0.398 e. The molecular weight excluding hydrogens is 284 g/mol. The van der Waals surface area contributed by atoms with Crippen LogP contribution in [0.2, 0.25) is 0 Å². The molecule has 0 unspecified atom stereocenters. The highest BCUT2D eigenvalue weighted by molar-refractivity contribution is 7.92. The van der Waals surface area contributed by atoms with Gasteiger partial charge in [-0.2, -0.15) is 0 Å². The van der Waals surface area contributed by atoms with Crippen LogP contribution in [-0.4, -0.2) is 8.42 Å². The van der Waals surface area contributed by atoms with Crippen LogP contribution in [0.3, 0.4) is 0 Å². The second kappa shape index (κ2) is 5.77. The maximum absolute atomic E-state index is 12.5. The number of hydrogen-bond acceptors (Lipinski definition) is 3. The summed E-state index contributed by atoms with van der Waals surface area (Å²) in [5.41, 5.74) is 9.80. The molecule has 0 bridgehead atoms. The van der Waals surface area contributed by atoms with E-state index in [4.69, 9.17) is 5.73 Å². The van der Waals surface area contributed by atoms with Crippen molar-refractivity contribution in [2.24, 2.45) is 0 Å². The fourth-order valence-corrected chi connectivity index (χ4v) is 3.27. The first-order valence-corrected chi connectivity index (χ1v) is 8.30. The van der Waals surface area contributed by atoms with Crippen molar-refractivity contribution in [2.75, 3.05) is 10.5 Å². The topological polar surface area (TPSA) is 72.2 Å². The van der Waals surface area contributed by atoms with Crippen molar-refractivity contribution in [3.05, 3.63) is 53.1 Å². The van der Waals surface area contributed by atoms with Gasteiger partial charge >= 0.3 is 0 Å². The van der Waals surface area contributed by atoms with Crippen molar-refractivity contribution in [1.29, 1.82) is 0 Å². The number of nitrogen functional groups attached to an aromatic ring is 1. The van der Waals surface area contributed by atoms with E-state index < -0.39 is 10.0 Å². The Morgan fingerprint density at radius 3 is 2.43 bits per heavy atom. The quantitative estimate of drug-likeness (QED) is 0.852. The fraction of sp³-hybridized carbons (Fsp3) is 0.250. The van der Waals surface area contributed by atoms with Crippen LogP contribution in [0.5, 0.6) is 0 Å². The molecule has 0 aliphatic carbocycles. The molecule has 0 saturated carbocycles. The average Bonchev–Trinajstić information content (AvgIpc) is 2.42. The van der Waals surface area contributed by atoms with E-state index in [1.807, 2.05) is 39.0 Å². The van der Waals surface area contributed by atoms with E-state index in [9.17, 15) is 8.42 Å². The number of nitrogens with one attached hydrogen (secondary N) is 1. The minimum atomic E-state index is -3.63. The van der Waals surface area contributed by atoms with Crippen LogP contribution < -0.4 is 10.5 Å². The lowest BCUT2D eigenvalue weighted by molar-refractivity contribution is 0.601. The second-order valence-corrected chi connectivity index (χ2v) is 6.82. The molecule has 0 saturated heterocycles. The van der Waals surface area contributed by atoms with Gasteiger partial charge in [-0.3, -0.25) is 4.72 Å². The molecule has 0 spiro atoms. The lowest BCUT2D eigenvalue weighted by Gasteiger charge is -2.12. The zero-order valence-corrected chi connectivity index (χ0v) is 13.3. The molecule has 2 rings (SSSR count). The summed E-state index contributed by atoms with van der Waals surface area (Å²) in [6.45, 7) is 5.77. The Bertz CT molecular complexity index is 768. The van der Waals surface area contributed by atoms with Gasteiger partial charge in [-0.05, 0) is 55.2 Å². The summed E-state index contributed by atoms with van der Waals surface area (Å²) in [5.74, 6) is 0. The minimum Gasteiger partial charge on any atom is -0.398 e. The van der Waals surface area contributed by atoms with Gasteiger partial charge in [0.2, 0.25) is 0 Å². The third-order valence-corrected chi connectivity index (χ3v) is 4.81. The molecule has 4 nitrogen and oxygen atoms in total. The smallest absolute Gasteiger partial charge is 0.261 e. The monoisotopic (exact) mass is 304 g/mol. The zero-order chi connectivity index (χ0) is 15.6. The Morgan fingerprint density at radius 1 is 1.10 bits per heavy atom. The molecule has 112 valence electrons. The summed E-state index contributed by atoms with van der Waals surface area (Å²) in [7, 11) is -3.63. The third kappa shape index (κ3) is 3.36. The molecule has 0 heterocycles. The number of rotatable bonds is 4. The highest BCUT2D eigenvalue weighted by atomic mass is 32.2. The van der Waals surface area contributed by atoms with Gasteiger partial charge in [0.15, 0.2) is 0 Å². The summed E-state index contributed by atoms with van der Waals surface area (Å²) in [6, 6.07) is 10.5. The first-order valence-electron chi connectivity index (χ1n) is 6.82. The van der Waals surface area contributed by atoms with Crippen LogP contribution in [-0.2, 0) is 16.4 Å². The van der Waals surface area contributed by atoms with Gasteiger partial charge in [0.25, 0.3) is 10.0 Å². The summed E-state index contributed by atoms with van der Waals surface area (Å²) >= 11 is 0. The van der Waals surface area contributed by atoms with Crippen molar-refractivity contribution < 1.29 is 8.42 Å². The zero-order valence-electron chi connectivity index (χ0n) is 12.5. The van der Waals surface area contributed by atoms with Gasteiger partial charge in [-0.1, -0.05) is 25.1 Å². The normalized spacial score (nSPS) is 11.4. The highest BCUT2D eigenvalue weighted by Gasteiger charge is 2.16. The first-order chi connectivity index (χ1) is 9.83. The van der Waals surface area contributed by atoms with Crippen LogP contribution in [0.1, 0.15) is 23.6 Å². The number of aryl methyl sites for hydroxylation is 3. The van der Waals surface area contributed by atoms with Crippen molar-refractivity contribution in [3.63, 3.8) is 0 Å². The predicted molar refractivity (Wildman–Crippen MR) is 87.0 cm³/mol. The van der Waals surface area contributed by atoms with E-state index in [0.29, 0.717) is 11.4 Å². The minimum absolute atomic E-state index is 0.179. The summed E-state index contributed by atoms with van der Waals surface area (Å²) in [6.07, 6.45) is 0.774. The van der Waals surface area contributed by atoms with Gasteiger partial charge in [0.05, 0.1) is 10.6 Å². The predicted octanol–water partition coefficient (Wildman–Crippen LogP) is 3.25. The number of hydrogen-bond donors (Lipinski definition) is 2. The van der Waals surface area contributed by atoms with Crippen LogP contribution in [0.15, 0.2) is 41.3 Å². The third-order valence-electron chi connectivity index (χ3n) is 3.45. The molecule has 2 aromatic carbocycles. The van der Waals surface area contributed by atoms with E-state index in [-0.39, 0.29) is 4.90 Å². The molecule has 21 heavy (non-hydrogen) atoms. The molecule has 5 heteroatoms. The Kier molecular flexibility index (Phi) is 4.23. The molecule has 0 aromatic heterocycles. The van der Waals surface area contributed by atoms with Crippen LogP contribution in [0.4, 0.5) is 11.4 Å².